The number of urea groups is 1. The van der Waals surface area contributed by atoms with Crippen molar-refractivity contribution >= 4 is 23.2 Å². The number of thiocarbonyl (C=S) groups is 1. The first-order chi connectivity index (χ1) is 8.99. The minimum Gasteiger partial charge on any atom is -0.393 e. The second-order valence-electron chi connectivity index (χ2n) is 5.84. The summed E-state index contributed by atoms with van der Waals surface area (Å²) in [5.41, 5.74) is 5.53. The van der Waals surface area contributed by atoms with Crippen LogP contribution in [0.15, 0.2) is 0 Å². The monoisotopic (exact) mass is 285 g/mol. The summed E-state index contributed by atoms with van der Waals surface area (Å²) in [6.45, 7) is 5.59. The van der Waals surface area contributed by atoms with Crippen LogP contribution in [0.1, 0.15) is 52.4 Å². The van der Waals surface area contributed by atoms with Crippen molar-refractivity contribution in [3.63, 3.8) is 0 Å². The third kappa shape index (κ3) is 6.76. The maximum atomic E-state index is 12.3. The van der Waals surface area contributed by atoms with Gasteiger partial charge in [-0.2, -0.15) is 0 Å². The van der Waals surface area contributed by atoms with Gasteiger partial charge in [-0.05, 0) is 18.8 Å². The smallest absolute Gasteiger partial charge is 0.317 e. The van der Waals surface area contributed by atoms with Crippen molar-refractivity contribution in [1.29, 1.82) is 0 Å². The lowest BCUT2D eigenvalue weighted by molar-refractivity contribution is 0.185. The van der Waals surface area contributed by atoms with Crippen molar-refractivity contribution in [3.05, 3.63) is 0 Å². The van der Waals surface area contributed by atoms with Crippen LogP contribution in [0.3, 0.4) is 0 Å². The molecule has 2 amide bonds. The van der Waals surface area contributed by atoms with E-state index < -0.39 is 0 Å². The molecule has 1 fully saturated rings. The molecule has 1 saturated carbocycles. The molecule has 4 nitrogen and oxygen atoms in total. The van der Waals surface area contributed by atoms with Crippen LogP contribution in [-0.2, 0) is 0 Å². The number of nitrogens with zero attached hydrogens (tertiary/aromatic N) is 1. The van der Waals surface area contributed by atoms with E-state index >= 15 is 0 Å². The highest BCUT2D eigenvalue weighted by atomic mass is 32.1. The average molecular weight is 285 g/mol. The number of carbonyl (C=O) groups excluding carboxylic acids is 1. The first-order valence-corrected chi connectivity index (χ1v) is 7.73. The van der Waals surface area contributed by atoms with Gasteiger partial charge in [-0.1, -0.05) is 45.3 Å². The van der Waals surface area contributed by atoms with E-state index in [-0.39, 0.29) is 6.03 Å². The summed E-state index contributed by atoms with van der Waals surface area (Å²) < 4.78 is 0. The Kier molecular flexibility index (Phi) is 7.13. The molecule has 110 valence electrons. The van der Waals surface area contributed by atoms with Gasteiger partial charge in [0.15, 0.2) is 0 Å². The standard InChI is InChI=1S/C14H27N3OS/c1-11(2)10-17(9-8-13(15)19)14(18)16-12-6-4-3-5-7-12/h11-12H,3-10H2,1-2H3,(H2,15,19)(H,16,18). The van der Waals surface area contributed by atoms with Crippen molar-refractivity contribution in [2.24, 2.45) is 11.7 Å². The number of carbonyl (C=O) groups is 1. The molecule has 0 aromatic rings. The van der Waals surface area contributed by atoms with Crippen LogP contribution in [0.5, 0.6) is 0 Å². The zero-order valence-corrected chi connectivity index (χ0v) is 13.0. The number of hydrogen-bond acceptors (Lipinski definition) is 2. The van der Waals surface area contributed by atoms with Gasteiger partial charge in [-0.25, -0.2) is 4.79 Å². The number of rotatable bonds is 6. The highest BCUT2D eigenvalue weighted by Gasteiger charge is 2.20. The molecule has 0 aromatic carbocycles. The van der Waals surface area contributed by atoms with Crippen molar-refractivity contribution in [3.8, 4) is 0 Å². The van der Waals surface area contributed by atoms with Crippen LogP contribution in [0.25, 0.3) is 0 Å². The summed E-state index contributed by atoms with van der Waals surface area (Å²) >= 11 is 4.89. The van der Waals surface area contributed by atoms with E-state index in [0.29, 0.717) is 29.9 Å². The molecule has 0 heterocycles. The Morgan fingerprint density at radius 2 is 2.00 bits per heavy atom. The predicted octanol–water partition coefficient (Wildman–Crippen LogP) is 2.66. The highest BCUT2D eigenvalue weighted by Crippen LogP contribution is 2.17. The van der Waals surface area contributed by atoms with E-state index in [1.807, 2.05) is 4.90 Å². The zero-order chi connectivity index (χ0) is 14.3. The molecule has 5 heteroatoms. The van der Waals surface area contributed by atoms with Crippen LogP contribution in [0.4, 0.5) is 4.79 Å². The summed E-state index contributed by atoms with van der Waals surface area (Å²) in [4.78, 5) is 14.6. The molecule has 1 aliphatic carbocycles. The highest BCUT2D eigenvalue weighted by molar-refractivity contribution is 7.80. The zero-order valence-electron chi connectivity index (χ0n) is 12.2. The molecule has 0 radical (unpaired) electrons. The Hall–Kier alpha value is -0.840. The molecule has 0 atom stereocenters. The first-order valence-electron chi connectivity index (χ1n) is 7.32. The molecule has 1 rings (SSSR count). The molecule has 3 N–H and O–H groups in total. The molecule has 0 spiro atoms. The third-order valence-electron chi connectivity index (χ3n) is 3.43. The maximum absolute atomic E-state index is 12.3. The van der Waals surface area contributed by atoms with Crippen molar-refractivity contribution < 1.29 is 4.79 Å². The Balaban J connectivity index is 2.46. The van der Waals surface area contributed by atoms with E-state index in [4.69, 9.17) is 18.0 Å². The van der Waals surface area contributed by atoms with Gasteiger partial charge in [0.25, 0.3) is 0 Å². The average Bonchev–Trinajstić information content (AvgIpc) is 2.35. The van der Waals surface area contributed by atoms with E-state index in [1.165, 1.54) is 19.3 Å². The third-order valence-corrected chi connectivity index (χ3v) is 3.64. The lowest BCUT2D eigenvalue weighted by Crippen LogP contribution is -2.47. The minimum absolute atomic E-state index is 0.0388. The number of hydrogen-bond donors (Lipinski definition) is 2. The van der Waals surface area contributed by atoms with Gasteiger partial charge in [0, 0.05) is 25.6 Å². The van der Waals surface area contributed by atoms with Crippen LogP contribution >= 0.6 is 12.2 Å². The van der Waals surface area contributed by atoms with Gasteiger partial charge < -0.3 is 16.0 Å². The minimum atomic E-state index is 0.0388. The second-order valence-corrected chi connectivity index (χ2v) is 6.36. The van der Waals surface area contributed by atoms with Gasteiger partial charge in [-0.15, -0.1) is 0 Å². The molecule has 0 aromatic heterocycles. The fourth-order valence-electron chi connectivity index (χ4n) is 2.47. The van der Waals surface area contributed by atoms with Gasteiger partial charge >= 0.3 is 6.03 Å². The topological polar surface area (TPSA) is 58.4 Å². The van der Waals surface area contributed by atoms with E-state index in [9.17, 15) is 4.79 Å². The molecule has 0 bridgehead atoms. The quantitative estimate of drug-likeness (QED) is 0.738. The van der Waals surface area contributed by atoms with Crippen LogP contribution in [0, 0.1) is 5.92 Å². The Labute approximate surface area is 122 Å². The van der Waals surface area contributed by atoms with E-state index in [2.05, 4.69) is 19.2 Å². The lowest BCUT2D eigenvalue weighted by atomic mass is 9.96. The summed E-state index contributed by atoms with van der Waals surface area (Å²) in [5.74, 6) is 0.448. The molecule has 0 aliphatic heterocycles. The van der Waals surface area contributed by atoms with E-state index in [1.54, 1.807) is 0 Å². The van der Waals surface area contributed by atoms with Crippen LogP contribution < -0.4 is 11.1 Å². The fourth-order valence-corrected chi connectivity index (χ4v) is 2.57. The van der Waals surface area contributed by atoms with Crippen molar-refractivity contribution in [2.45, 2.75) is 58.4 Å². The normalized spacial score (nSPS) is 16.4. The molecule has 0 saturated heterocycles. The van der Waals surface area contributed by atoms with Crippen molar-refractivity contribution in [2.75, 3.05) is 13.1 Å². The lowest BCUT2D eigenvalue weighted by Gasteiger charge is -2.29. The second kappa shape index (κ2) is 8.35. The predicted molar refractivity (Wildman–Crippen MR) is 83.2 cm³/mol. The number of nitrogens with two attached hydrogens (primary N) is 1. The summed E-state index contributed by atoms with van der Waals surface area (Å²) in [7, 11) is 0. The molecule has 19 heavy (non-hydrogen) atoms. The van der Waals surface area contributed by atoms with E-state index in [0.717, 1.165) is 19.4 Å². The van der Waals surface area contributed by atoms with Gasteiger partial charge in [0.1, 0.15) is 0 Å². The SMILES string of the molecule is CC(C)CN(CCC(N)=S)C(=O)NC1CCCCC1. The Morgan fingerprint density at radius 1 is 1.37 bits per heavy atom. The number of nitrogens with one attached hydrogen (secondary N) is 1. The Bertz CT molecular complexity index is 301. The summed E-state index contributed by atoms with van der Waals surface area (Å²) in [6, 6.07) is 0.387. The largest absolute Gasteiger partial charge is 0.393 e. The molecular formula is C14H27N3OS. The number of amides is 2. The van der Waals surface area contributed by atoms with Gasteiger partial charge in [0.05, 0.1) is 4.99 Å². The molecule has 0 unspecified atom stereocenters. The molecule has 1 aliphatic rings. The summed E-state index contributed by atoms with van der Waals surface area (Å²) in [6.07, 6.45) is 6.56. The first kappa shape index (κ1) is 16.2. The fraction of sp³-hybridized carbons (Fsp3) is 0.857. The maximum Gasteiger partial charge on any atom is 0.317 e. The Morgan fingerprint density at radius 3 is 2.53 bits per heavy atom. The molecular weight excluding hydrogens is 258 g/mol. The van der Waals surface area contributed by atoms with Crippen LogP contribution in [0.2, 0.25) is 0 Å². The van der Waals surface area contributed by atoms with Gasteiger partial charge in [0.2, 0.25) is 0 Å². The van der Waals surface area contributed by atoms with Gasteiger partial charge in [-0.3, -0.25) is 0 Å². The summed E-state index contributed by atoms with van der Waals surface area (Å²) in [5, 5.41) is 3.15. The van der Waals surface area contributed by atoms with Crippen molar-refractivity contribution in [1.82, 2.24) is 10.2 Å². The van der Waals surface area contributed by atoms with Crippen LogP contribution in [-0.4, -0.2) is 35.1 Å².